The average molecular weight is 342 g/mol. The first-order chi connectivity index (χ1) is 12.1. The molecule has 8 heteroatoms. The highest BCUT2D eigenvalue weighted by atomic mass is 16.5. The molecule has 2 aromatic heterocycles. The average Bonchev–Trinajstić information content (AvgIpc) is 3.00. The molecule has 132 valence electrons. The molecular formula is C17H22N6O2. The molecule has 0 aliphatic carbocycles. The molecule has 2 aliphatic rings. The van der Waals surface area contributed by atoms with Crippen molar-refractivity contribution in [2.45, 2.75) is 26.3 Å². The zero-order valence-electron chi connectivity index (χ0n) is 14.8. The number of aromatic nitrogens is 4. The monoisotopic (exact) mass is 342 g/mol. The molecule has 0 N–H and O–H groups in total. The second-order valence-electron chi connectivity index (χ2n) is 6.60. The van der Waals surface area contributed by atoms with Crippen molar-refractivity contribution in [1.82, 2.24) is 19.7 Å². The summed E-state index contributed by atoms with van der Waals surface area (Å²) in [4.78, 5) is 26.0. The van der Waals surface area contributed by atoms with Gasteiger partial charge in [0.05, 0.1) is 25.3 Å². The van der Waals surface area contributed by atoms with Crippen LogP contribution in [-0.2, 0) is 17.8 Å². The molecule has 25 heavy (non-hydrogen) atoms. The minimum absolute atomic E-state index is 0.0769. The van der Waals surface area contributed by atoms with Crippen LogP contribution in [0.1, 0.15) is 18.1 Å². The van der Waals surface area contributed by atoms with E-state index in [9.17, 15) is 4.79 Å². The zero-order valence-corrected chi connectivity index (χ0v) is 14.8. The summed E-state index contributed by atoms with van der Waals surface area (Å²) in [6.07, 6.45) is 1.60. The highest BCUT2D eigenvalue weighted by Crippen LogP contribution is 2.34. The van der Waals surface area contributed by atoms with Crippen LogP contribution in [0.4, 0.5) is 11.5 Å². The number of nitrogens with zero attached hydrogens (tertiary/aromatic N) is 6. The van der Waals surface area contributed by atoms with Crippen molar-refractivity contribution in [1.29, 1.82) is 0 Å². The fourth-order valence-electron chi connectivity index (χ4n) is 3.59. The Morgan fingerprint density at radius 3 is 2.92 bits per heavy atom. The van der Waals surface area contributed by atoms with Crippen LogP contribution in [0.15, 0.2) is 12.1 Å². The lowest BCUT2D eigenvalue weighted by molar-refractivity contribution is -0.123. The minimum atomic E-state index is -0.0769. The first kappa shape index (κ1) is 15.9. The van der Waals surface area contributed by atoms with E-state index in [0.717, 1.165) is 42.5 Å². The van der Waals surface area contributed by atoms with Gasteiger partial charge in [-0.25, -0.2) is 9.67 Å². The van der Waals surface area contributed by atoms with E-state index in [0.29, 0.717) is 19.0 Å². The molecule has 4 rings (SSSR count). The SMILES string of the molecule is COc1ccc2c(n1)N(C)CCN2C(=O)C1CCc2nc(C)nn2C1. The highest BCUT2D eigenvalue weighted by molar-refractivity contribution is 5.98. The van der Waals surface area contributed by atoms with Gasteiger partial charge in [-0.05, 0) is 19.4 Å². The summed E-state index contributed by atoms with van der Waals surface area (Å²) in [5, 5.41) is 4.41. The second-order valence-corrected chi connectivity index (χ2v) is 6.60. The lowest BCUT2D eigenvalue weighted by Crippen LogP contribution is -2.47. The molecule has 0 spiro atoms. The van der Waals surface area contributed by atoms with Crippen LogP contribution in [0.5, 0.6) is 5.88 Å². The lowest BCUT2D eigenvalue weighted by Gasteiger charge is -2.37. The van der Waals surface area contributed by atoms with Crippen LogP contribution in [-0.4, -0.2) is 52.9 Å². The number of hydrogen-bond acceptors (Lipinski definition) is 6. The fraction of sp³-hybridized carbons (Fsp3) is 0.529. The zero-order chi connectivity index (χ0) is 17.6. The van der Waals surface area contributed by atoms with E-state index in [-0.39, 0.29) is 11.8 Å². The van der Waals surface area contributed by atoms with Crippen molar-refractivity contribution in [3.8, 4) is 5.88 Å². The van der Waals surface area contributed by atoms with E-state index in [4.69, 9.17) is 4.74 Å². The summed E-state index contributed by atoms with van der Waals surface area (Å²) in [6, 6.07) is 3.72. The third kappa shape index (κ3) is 2.71. The standard InChI is InChI=1S/C17H22N6O2/c1-11-18-14-6-4-12(10-23(14)20-11)17(24)22-9-8-21(2)16-13(22)5-7-15(19-16)25-3/h5,7,12H,4,6,8-10H2,1-3H3. The summed E-state index contributed by atoms with van der Waals surface area (Å²) >= 11 is 0. The molecule has 1 amide bonds. The van der Waals surface area contributed by atoms with Crippen molar-refractivity contribution in [2.24, 2.45) is 5.92 Å². The van der Waals surface area contributed by atoms with Gasteiger partial charge < -0.3 is 14.5 Å². The van der Waals surface area contributed by atoms with Gasteiger partial charge in [0, 0.05) is 32.6 Å². The first-order valence-electron chi connectivity index (χ1n) is 8.54. The summed E-state index contributed by atoms with van der Waals surface area (Å²) < 4.78 is 7.10. The molecule has 2 aromatic rings. The number of aryl methyl sites for hydroxylation is 2. The van der Waals surface area contributed by atoms with Gasteiger partial charge in [0.25, 0.3) is 0 Å². The maximum atomic E-state index is 13.2. The van der Waals surface area contributed by atoms with Crippen LogP contribution in [0, 0.1) is 12.8 Å². The molecule has 0 saturated carbocycles. The predicted molar refractivity (Wildman–Crippen MR) is 93.0 cm³/mol. The van der Waals surface area contributed by atoms with Crippen LogP contribution in [0.25, 0.3) is 0 Å². The van der Waals surface area contributed by atoms with Gasteiger partial charge in [-0.1, -0.05) is 0 Å². The van der Waals surface area contributed by atoms with Gasteiger partial charge in [0.1, 0.15) is 11.6 Å². The van der Waals surface area contributed by atoms with Crippen molar-refractivity contribution >= 4 is 17.4 Å². The quantitative estimate of drug-likeness (QED) is 0.811. The third-order valence-electron chi connectivity index (χ3n) is 4.93. The molecule has 0 saturated heterocycles. The second kappa shape index (κ2) is 6.02. The van der Waals surface area contributed by atoms with Gasteiger partial charge in [0.15, 0.2) is 5.82 Å². The minimum Gasteiger partial charge on any atom is -0.481 e. The number of anilines is 2. The molecule has 0 radical (unpaired) electrons. The van der Waals surface area contributed by atoms with E-state index in [1.165, 1.54) is 0 Å². The number of amides is 1. The van der Waals surface area contributed by atoms with Gasteiger partial charge in [-0.3, -0.25) is 4.79 Å². The van der Waals surface area contributed by atoms with Gasteiger partial charge >= 0.3 is 0 Å². The van der Waals surface area contributed by atoms with Crippen molar-refractivity contribution in [3.05, 3.63) is 23.8 Å². The third-order valence-corrected chi connectivity index (χ3v) is 4.93. The number of fused-ring (bicyclic) bond motifs is 2. The number of pyridine rings is 1. The smallest absolute Gasteiger partial charge is 0.232 e. The van der Waals surface area contributed by atoms with Crippen molar-refractivity contribution in [3.63, 3.8) is 0 Å². The molecule has 0 bridgehead atoms. The van der Waals surface area contributed by atoms with Crippen LogP contribution in [0.3, 0.4) is 0 Å². The van der Waals surface area contributed by atoms with Crippen LogP contribution < -0.4 is 14.5 Å². The van der Waals surface area contributed by atoms with Crippen molar-refractivity contribution < 1.29 is 9.53 Å². The largest absolute Gasteiger partial charge is 0.481 e. The number of carbonyl (C=O) groups is 1. The Labute approximate surface area is 146 Å². The maximum absolute atomic E-state index is 13.2. The number of carbonyl (C=O) groups excluding carboxylic acids is 1. The van der Waals surface area contributed by atoms with Gasteiger partial charge in [-0.15, -0.1) is 0 Å². The number of hydrogen-bond donors (Lipinski definition) is 0. The molecular weight excluding hydrogens is 320 g/mol. The van der Waals surface area contributed by atoms with E-state index in [1.807, 2.05) is 29.6 Å². The predicted octanol–water partition coefficient (Wildman–Crippen LogP) is 1.04. The molecule has 8 nitrogen and oxygen atoms in total. The van der Waals surface area contributed by atoms with Crippen molar-refractivity contribution in [2.75, 3.05) is 37.0 Å². The Balaban J connectivity index is 1.60. The Kier molecular flexibility index (Phi) is 3.82. The molecule has 0 fully saturated rings. The van der Waals surface area contributed by atoms with Gasteiger partial charge in [0.2, 0.25) is 11.8 Å². The van der Waals surface area contributed by atoms with E-state index in [2.05, 4.69) is 20.0 Å². The number of ether oxygens (including phenoxy) is 1. The lowest BCUT2D eigenvalue weighted by atomic mass is 9.97. The van der Waals surface area contributed by atoms with Crippen LogP contribution in [0.2, 0.25) is 0 Å². The normalized spacial score (nSPS) is 19.4. The first-order valence-corrected chi connectivity index (χ1v) is 8.54. The Hall–Kier alpha value is -2.64. The molecule has 4 heterocycles. The topological polar surface area (TPSA) is 76.4 Å². The Bertz CT molecular complexity index is 817. The van der Waals surface area contributed by atoms with E-state index >= 15 is 0 Å². The van der Waals surface area contributed by atoms with E-state index < -0.39 is 0 Å². The number of methoxy groups -OCH3 is 1. The van der Waals surface area contributed by atoms with Gasteiger partial charge in [-0.2, -0.15) is 10.1 Å². The molecule has 2 aliphatic heterocycles. The Morgan fingerprint density at radius 1 is 1.28 bits per heavy atom. The van der Waals surface area contributed by atoms with E-state index in [1.54, 1.807) is 13.2 Å². The highest BCUT2D eigenvalue weighted by Gasteiger charge is 2.34. The summed E-state index contributed by atoms with van der Waals surface area (Å²) in [5.74, 6) is 3.15. The number of rotatable bonds is 2. The molecule has 0 aromatic carbocycles. The summed E-state index contributed by atoms with van der Waals surface area (Å²) in [6.45, 7) is 3.90. The van der Waals surface area contributed by atoms with Crippen LogP contribution >= 0.6 is 0 Å². The summed E-state index contributed by atoms with van der Waals surface area (Å²) in [5.41, 5.74) is 0.847. The molecule has 1 unspecified atom stereocenters. The maximum Gasteiger partial charge on any atom is 0.232 e. The summed E-state index contributed by atoms with van der Waals surface area (Å²) in [7, 11) is 3.58. The fourth-order valence-corrected chi connectivity index (χ4v) is 3.59. The number of likely N-dealkylation sites (N-methyl/N-ethyl adjacent to an activating group) is 1. The Morgan fingerprint density at radius 2 is 2.12 bits per heavy atom. The molecule has 1 atom stereocenters.